The maximum atomic E-state index is 11.9. The molecule has 1 aliphatic heterocycles. The SMILES string of the molecule is Nc1cccc(OCC(=O)N2CCCC(O)C2)c1. The number of rotatable bonds is 3. The lowest BCUT2D eigenvalue weighted by Crippen LogP contribution is -2.44. The lowest BCUT2D eigenvalue weighted by molar-refractivity contribution is -0.136. The molecule has 3 N–H and O–H groups in total. The van der Waals surface area contributed by atoms with Crippen molar-refractivity contribution in [1.82, 2.24) is 4.90 Å². The van der Waals surface area contributed by atoms with Crippen LogP contribution in [0.3, 0.4) is 0 Å². The number of carbonyl (C=O) groups excluding carboxylic acids is 1. The minimum atomic E-state index is -0.407. The molecule has 1 heterocycles. The van der Waals surface area contributed by atoms with Crippen molar-refractivity contribution >= 4 is 11.6 Å². The number of nitrogens with two attached hydrogens (primary N) is 1. The van der Waals surface area contributed by atoms with Crippen LogP contribution in [-0.4, -0.2) is 41.7 Å². The van der Waals surface area contributed by atoms with Crippen molar-refractivity contribution in [2.24, 2.45) is 0 Å². The number of carbonyl (C=O) groups is 1. The van der Waals surface area contributed by atoms with Crippen LogP contribution in [0.25, 0.3) is 0 Å². The van der Waals surface area contributed by atoms with Crippen molar-refractivity contribution < 1.29 is 14.6 Å². The number of hydrogen-bond donors (Lipinski definition) is 2. The molecule has 1 fully saturated rings. The largest absolute Gasteiger partial charge is 0.484 e. The number of aliphatic hydroxyl groups excluding tert-OH is 1. The first-order chi connectivity index (χ1) is 8.65. The maximum Gasteiger partial charge on any atom is 0.260 e. The Kier molecular flexibility index (Phi) is 4.04. The van der Waals surface area contributed by atoms with Crippen LogP contribution in [0.15, 0.2) is 24.3 Å². The third-order valence-electron chi connectivity index (χ3n) is 2.97. The molecule has 0 bridgehead atoms. The quantitative estimate of drug-likeness (QED) is 0.772. The number of anilines is 1. The molecule has 5 heteroatoms. The molecule has 5 nitrogen and oxygen atoms in total. The Morgan fingerprint density at radius 2 is 2.39 bits per heavy atom. The van der Waals surface area contributed by atoms with Gasteiger partial charge in [-0.2, -0.15) is 0 Å². The Morgan fingerprint density at radius 1 is 1.56 bits per heavy atom. The minimum Gasteiger partial charge on any atom is -0.484 e. The van der Waals surface area contributed by atoms with Gasteiger partial charge in [0.1, 0.15) is 5.75 Å². The number of piperidine rings is 1. The van der Waals surface area contributed by atoms with Gasteiger partial charge in [0.15, 0.2) is 6.61 Å². The van der Waals surface area contributed by atoms with Crippen LogP contribution in [0.2, 0.25) is 0 Å². The predicted octanol–water partition coefficient (Wildman–Crippen LogP) is 0.631. The summed E-state index contributed by atoms with van der Waals surface area (Å²) in [5.74, 6) is 0.483. The van der Waals surface area contributed by atoms with E-state index in [1.165, 1.54) is 0 Å². The standard InChI is InChI=1S/C13H18N2O3/c14-10-3-1-5-12(7-10)18-9-13(17)15-6-2-4-11(16)8-15/h1,3,5,7,11,16H,2,4,6,8-9,14H2. The van der Waals surface area contributed by atoms with Crippen LogP contribution in [0.1, 0.15) is 12.8 Å². The second-order valence-corrected chi connectivity index (χ2v) is 4.50. The number of hydrogen-bond acceptors (Lipinski definition) is 4. The first-order valence-corrected chi connectivity index (χ1v) is 6.09. The topological polar surface area (TPSA) is 75.8 Å². The molecule has 0 aliphatic carbocycles. The van der Waals surface area contributed by atoms with Crippen molar-refractivity contribution in [2.75, 3.05) is 25.4 Å². The summed E-state index contributed by atoms with van der Waals surface area (Å²) in [6.07, 6.45) is 1.19. The Morgan fingerprint density at radius 3 is 3.11 bits per heavy atom. The minimum absolute atomic E-state index is 0.0177. The summed E-state index contributed by atoms with van der Waals surface area (Å²) in [7, 11) is 0. The molecule has 0 radical (unpaired) electrons. The molecule has 0 saturated carbocycles. The summed E-state index contributed by atoms with van der Waals surface area (Å²) in [6.45, 7) is 1.07. The third kappa shape index (κ3) is 3.37. The number of ether oxygens (including phenoxy) is 1. The zero-order valence-electron chi connectivity index (χ0n) is 10.2. The van der Waals surface area contributed by atoms with Gasteiger partial charge in [0.25, 0.3) is 5.91 Å². The van der Waals surface area contributed by atoms with Gasteiger partial charge >= 0.3 is 0 Å². The lowest BCUT2D eigenvalue weighted by atomic mass is 10.1. The predicted molar refractivity (Wildman–Crippen MR) is 68.2 cm³/mol. The number of likely N-dealkylation sites (tertiary alicyclic amines) is 1. The van der Waals surface area contributed by atoms with Crippen LogP contribution in [-0.2, 0) is 4.79 Å². The number of amides is 1. The molecule has 1 atom stereocenters. The van der Waals surface area contributed by atoms with E-state index in [1.807, 2.05) is 0 Å². The van der Waals surface area contributed by atoms with Gasteiger partial charge in [0, 0.05) is 24.8 Å². The third-order valence-corrected chi connectivity index (χ3v) is 2.97. The average Bonchev–Trinajstić information content (AvgIpc) is 2.36. The Bertz CT molecular complexity index is 422. The van der Waals surface area contributed by atoms with E-state index in [9.17, 15) is 9.90 Å². The van der Waals surface area contributed by atoms with Gasteiger partial charge in [-0.1, -0.05) is 6.07 Å². The molecular formula is C13H18N2O3. The fraction of sp³-hybridized carbons (Fsp3) is 0.462. The zero-order chi connectivity index (χ0) is 13.0. The summed E-state index contributed by atoms with van der Waals surface area (Å²) in [5.41, 5.74) is 6.22. The highest BCUT2D eigenvalue weighted by Crippen LogP contribution is 2.15. The second kappa shape index (κ2) is 5.73. The summed E-state index contributed by atoms with van der Waals surface area (Å²) in [5, 5.41) is 9.50. The summed E-state index contributed by atoms with van der Waals surface area (Å²) < 4.78 is 5.38. The van der Waals surface area contributed by atoms with E-state index in [2.05, 4.69) is 0 Å². The normalized spacial score (nSPS) is 19.6. The van der Waals surface area contributed by atoms with Gasteiger partial charge in [-0.05, 0) is 25.0 Å². The van der Waals surface area contributed by atoms with Crippen LogP contribution >= 0.6 is 0 Å². The highest BCUT2D eigenvalue weighted by atomic mass is 16.5. The molecule has 1 aromatic rings. The van der Waals surface area contributed by atoms with E-state index < -0.39 is 6.10 Å². The molecule has 0 aromatic heterocycles. The first-order valence-electron chi connectivity index (χ1n) is 6.09. The first kappa shape index (κ1) is 12.7. The van der Waals surface area contributed by atoms with Crippen molar-refractivity contribution in [2.45, 2.75) is 18.9 Å². The number of nitrogens with zero attached hydrogens (tertiary/aromatic N) is 1. The summed E-state index contributed by atoms with van der Waals surface area (Å²) >= 11 is 0. The number of aliphatic hydroxyl groups is 1. The Labute approximate surface area is 106 Å². The highest BCUT2D eigenvalue weighted by Gasteiger charge is 2.22. The molecule has 2 rings (SSSR count). The zero-order valence-corrected chi connectivity index (χ0v) is 10.2. The summed E-state index contributed by atoms with van der Waals surface area (Å²) in [6, 6.07) is 6.97. The van der Waals surface area contributed by atoms with Gasteiger partial charge in [0.05, 0.1) is 6.10 Å². The van der Waals surface area contributed by atoms with E-state index in [0.29, 0.717) is 24.5 Å². The molecule has 1 amide bonds. The van der Waals surface area contributed by atoms with Gasteiger partial charge < -0.3 is 20.5 Å². The fourth-order valence-corrected chi connectivity index (χ4v) is 2.02. The molecule has 1 aliphatic rings. The van der Waals surface area contributed by atoms with Crippen LogP contribution < -0.4 is 10.5 Å². The van der Waals surface area contributed by atoms with E-state index in [4.69, 9.17) is 10.5 Å². The molecule has 0 spiro atoms. The molecular weight excluding hydrogens is 232 g/mol. The van der Waals surface area contributed by atoms with Gasteiger partial charge in [-0.3, -0.25) is 4.79 Å². The monoisotopic (exact) mass is 250 g/mol. The molecule has 1 saturated heterocycles. The van der Waals surface area contributed by atoms with Gasteiger partial charge in [-0.15, -0.1) is 0 Å². The molecule has 1 aromatic carbocycles. The number of nitrogen functional groups attached to an aromatic ring is 1. The fourth-order valence-electron chi connectivity index (χ4n) is 2.02. The molecule has 18 heavy (non-hydrogen) atoms. The second-order valence-electron chi connectivity index (χ2n) is 4.50. The smallest absolute Gasteiger partial charge is 0.260 e. The van der Waals surface area contributed by atoms with Crippen molar-refractivity contribution in [3.05, 3.63) is 24.3 Å². The van der Waals surface area contributed by atoms with Crippen molar-refractivity contribution in [3.8, 4) is 5.75 Å². The van der Waals surface area contributed by atoms with Gasteiger partial charge in [0.2, 0.25) is 0 Å². The Hall–Kier alpha value is -1.75. The van der Waals surface area contributed by atoms with E-state index >= 15 is 0 Å². The molecule has 98 valence electrons. The number of β-amino-alcohol motifs (C(OH)–C–C–N with tert-alkyl or cyclic N) is 1. The highest BCUT2D eigenvalue weighted by molar-refractivity contribution is 5.78. The average molecular weight is 250 g/mol. The van der Waals surface area contributed by atoms with Crippen LogP contribution in [0.5, 0.6) is 5.75 Å². The molecule has 1 unspecified atom stereocenters. The Balaban J connectivity index is 1.84. The van der Waals surface area contributed by atoms with Crippen LogP contribution in [0, 0.1) is 0 Å². The van der Waals surface area contributed by atoms with Crippen LogP contribution in [0.4, 0.5) is 5.69 Å². The van der Waals surface area contributed by atoms with E-state index in [1.54, 1.807) is 29.2 Å². The van der Waals surface area contributed by atoms with E-state index in [0.717, 1.165) is 12.8 Å². The van der Waals surface area contributed by atoms with E-state index in [-0.39, 0.29) is 12.5 Å². The van der Waals surface area contributed by atoms with Crippen molar-refractivity contribution in [3.63, 3.8) is 0 Å². The van der Waals surface area contributed by atoms with Gasteiger partial charge in [-0.25, -0.2) is 0 Å². The lowest BCUT2D eigenvalue weighted by Gasteiger charge is -2.30. The number of benzene rings is 1. The maximum absolute atomic E-state index is 11.9. The summed E-state index contributed by atoms with van der Waals surface area (Å²) in [4.78, 5) is 13.5. The van der Waals surface area contributed by atoms with Crippen molar-refractivity contribution in [1.29, 1.82) is 0 Å².